The summed E-state index contributed by atoms with van der Waals surface area (Å²) < 4.78 is 0. The Labute approximate surface area is 183 Å². The summed E-state index contributed by atoms with van der Waals surface area (Å²) in [6, 6.07) is 7.64. The first-order valence-corrected chi connectivity index (χ1v) is 11.9. The molecule has 6 nitrogen and oxygen atoms in total. The molecule has 3 rings (SSSR count). The summed E-state index contributed by atoms with van der Waals surface area (Å²) in [4.78, 5) is 39.4. The Morgan fingerprint density at radius 2 is 1.63 bits per heavy atom. The third-order valence-electron chi connectivity index (χ3n) is 5.96. The van der Waals surface area contributed by atoms with E-state index in [2.05, 4.69) is 10.6 Å². The maximum Gasteiger partial charge on any atom is 0.233 e. The molecular weight excluding hydrogens is 398 g/mol. The van der Waals surface area contributed by atoms with Crippen LogP contribution in [0.15, 0.2) is 29.2 Å². The van der Waals surface area contributed by atoms with Crippen molar-refractivity contribution >= 4 is 35.2 Å². The van der Waals surface area contributed by atoms with E-state index in [-0.39, 0.29) is 29.0 Å². The fourth-order valence-corrected chi connectivity index (χ4v) is 5.12. The van der Waals surface area contributed by atoms with Gasteiger partial charge in [-0.05, 0) is 56.9 Å². The number of benzene rings is 1. The van der Waals surface area contributed by atoms with Gasteiger partial charge in [-0.3, -0.25) is 14.4 Å². The van der Waals surface area contributed by atoms with Crippen molar-refractivity contribution in [2.24, 2.45) is 5.92 Å². The number of amides is 3. The molecule has 0 radical (unpaired) electrons. The van der Waals surface area contributed by atoms with Crippen LogP contribution in [0.25, 0.3) is 0 Å². The first-order chi connectivity index (χ1) is 14.4. The van der Waals surface area contributed by atoms with Gasteiger partial charge in [-0.2, -0.15) is 0 Å². The number of rotatable bonds is 6. The van der Waals surface area contributed by atoms with E-state index in [1.807, 2.05) is 36.1 Å². The second kappa shape index (κ2) is 10.8. The first-order valence-electron chi connectivity index (χ1n) is 11.1. The maximum absolute atomic E-state index is 12.7. The van der Waals surface area contributed by atoms with Gasteiger partial charge in [0.05, 0.1) is 5.25 Å². The molecule has 1 saturated carbocycles. The van der Waals surface area contributed by atoms with Crippen LogP contribution in [0.3, 0.4) is 0 Å². The van der Waals surface area contributed by atoms with Crippen molar-refractivity contribution in [2.75, 3.05) is 18.4 Å². The van der Waals surface area contributed by atoms with E-state index in [1.165, 1.54) is 37.9 Å². The zero-order chi connectivity index (χ0) is 21.5. The van der Waals surface area contributed by atoms with Gasteiger partial charge in [-0.25, -0.2) is 0 Å². The normalized spacial score (nSPS) is 19.2. The van der Waals surface area contributed by atoms with Crippen molar-refractivity contribution in [3.05, 3.63) is 24.3 Å². The lowest BCUT2D eigenvalue weighted by atomic mass is 9.87. The van der Waals surface area contributed by atoms with Gasteiger partial charge >= 0.3 is 0 Å². The number of anilines is 1. The molecule has 1 aliphatic heterocycles. The smallest absolute Gasteiger partial charge is 0.233 e. The third kappa shape index (κ3) is 6.49. The van der Waals surface area contributed by atoms with Crippen molar-refractivity contribution in [3.63, 3.8) is 0 Å². The Balaban J connectivity index is 1.41. The van der Waals surface area contributed by atoms with Gasteiger partial charge in [0.15, 0.2) is 0 Å². The van der Waals surface area contributed by atoms with Crippen molar-refractivity contribution in [3.8, 4) is 0 Å². The average Bonchev–Trinajstić information content (AvgIpc) is 2.75. The molecule has 1 aromatic carbocycles. The molecule has 1 aliphatic carbocycles. The van der Waals surface area contributed by atoms with Crippen molar-refractivity contribution < 1.29 is 14.4 Å². The molecule has 1 unspecified atom stereocenters. The minimum absolute atomic E-state index is 0.0306. The molecule has 0 aromatic heterocycles. The summed E-state index contributed by atoms with van der Waals surface area (Å²) in [7, 11) is 0. The number of nitrogens with zero attached hydrogens (tertiary/aromatic N) is 1. The van der Waals surface area contributed by atoms with Gasteiger partial charge in [0, 0.05) is 42.6 Å². The maximum atomic E-state index is 12.7. The molecule has 0 spiro atoms. The van der Waals surface area contributed by atoms with Gasteiger partial charge in [0.1, 0.15) is 0 Å². The predicted molar refractivity (Wildman–Crippen MR) is 120 cm³/mol. The van der Waals surface area contributed by atoms with Gasteiger partial charge < -0.3 is 15.5 Å². The van der Waals surface area contributed by atoms with Crippen LogP contribution in [-0.2, 0) is 14.4 Å². The topological polar surface area (TPSA) is 78.5 Å². The number of hydrogen-bond acceptors (Lipinski definition) is 4. The Morgan fingerprint density at radius 1 is 1.00 bits per heavy atom. The lowest BCUT2D eigenvalue weighted by Gasteiger charge is -2.35. The number of thioether (sulfide) groups is 1. The van der Waals surface area contributed by atoms with Gasteiger partial charge in [-0.1, -0.05) is 19.3 Å². The van der Waals surface area contributed by atoms with Gasteiger partial charge in [0.25, 0.3) is 0 Å². The van der Waals surface area contributed by atoms with Crippen LogP contribution < -0.4 is 10.6 Å². The highest BCUT2D eigenvalue weighted by Crippen LogP contribution is 2.27. The summed E-state index contributed by atoms with van der Waals surface area (Å²) in [5, 5.41) is 5.69. The summed E-state index contributed by atoms with van der Waals surface area (Å²) in [5.41, 5.74) is 0.749. The minimum atomic E-state index is -0.210. The van der Waals surface area contributed by atoms with Crippen LogP contribution in [0.5, 0.6) is 0 Å². The number of hydrogen-bond donors (Lipinski definition) is 2. The molecule has 30 heavy (non-hydrogen) atoms. The Morgan fingerprint density at radius 3 is 2.23 bits per heavy atom. The molecule has 1 aromatic rings. The van der Waals surface area contributed by atoms with E-state index in [4.69, 9.17) is 0 Å². The van der Waals surface area contributed by atoms with Crippen LogP contribution in [0.4, 0.5) is 5.69 Å². The summed E-state index contributed by atoms with van der Waals surface area (Å²) in [5.74, 6) is 0.474. The number of piperidine rings is 1. The monoisotopic (exact) mass is 431 g/mol. The molecule has 164 valence electrons. The van der Waals surface area contributed by atoms with Gasteiger partial charge in [-0.15, -0.1) is 11.8 Å². The molecule has 0 bridgehead atoms. The zero-order valence-corrected chi connectivity index (χ0v) is 18.8. The van der Waals surface area contributed by atoms with Crippen LogP contribution in [-0.4, -0.2) is 47.0 Å². The van der Waals surface area contributed by atoms with E-state index >= 15 is 0 Å². The second-order valence-corrected chi connectivity index (χ2v) is 9.82. The Kier molecular flexibility index (Phi) is 8.19. The third-order valence-corrected chi connectivity index (χ3v) is 7.08. The highest BCUT2D eigenvalue weighted by Gasteiger charge is 2.30. The Bertz CT molecular complexity index is 739. The van der Waals surface area contributed by atoms with E-state index in [0.29, 0.717) is 5.91 Å². The molecule has 2 N–H and O–H groups in total. The highest BCUT2D eigenvalue weighted by atomic mass is 32.2. The fourth-order valence-electron chi connectivity index (χ4n) is 4.25. The van der Waals surface area contributed by atoms with Crippen LogP contribution in [0.1, 0.15) is 58.8 Å². The number of carbonyl (C=O) groups excluding carboxylic acids is 3. The minimum Gasteiger partial charge on any atom is -0.352 e. The second-order valence-electron chi connectivity index (χ2n) is 8.41. The lowest BCUT2D eigenvalue weighted by Crippen LogP contribution is -2.49. The SMILES string of the molecule is CC(=O)Nc1ccc(SC(C)C(=O)NC2CCN(C(=O)C3CCCCC3)CC2)cc1. The van der Waals surface area contributed by atoms with Crippen LogP contribution in [0.2, 0.25) is 0 Å². The number of likely N-dealkylation sites (tertiary alicyclic amines) is 1. The molecule has 1 saturated heterocycles. The quantitative estimate of drug-likeness (QED) is 0.672. The summed E-state index contributed by atoms with van der Waals surface area (Å²) >= 11 is 1.50. The molecule has 7 heteroatoms. The molecule has 1 heterocycles. The predicted octanol–water partition coefficient (Wildman–Crippen LogP) is 3.81. The van der Waals surface area contributed by atoms with Crippen LogP contribution in [0, 0.1) is 5.92 Å². The van der Waals surface area contributed by atoms with E-state index in [0.717, 1.165) is 49.4 Å². The average molecular weight is 432 g/mol. The first kappa shape index (κ1) is 22.7. The highest BCUT2D eigenvalue weighted by molar-refractivity contribution is 8.00. The van der Waals surface area contributed by atoms with Crippen molar-refractivity contribution in [2.45, 2.75) is 75.0 Å². The Hall–Kier alpha value is -2.02. The molecule has 3 amide bonds. The summed E-state index contributed by atoms with van der Waals surface area (Å²) in [6.07, 6.45) is 7.34. The molecule has 2 aliphatic rings. The van der Waals surface area contributed by atoms with E-state index in [9.17, 15) is 14.4 Å². The summed E-state index contributed by atoms with van der Waals surface area (Å²) in [6.45, 7) is 4.87. The lowest BCUT2D eigenvalue weighted by molar-refractivity contribution is -0.137. The molecular formula is C23H33N3O3S. The van der Waals surface area contributed by atoms with Crippen molar-refractivity contribution in [1.29, 1.82) is 0 Å². The van der Waals surface area contributed by atoms with Crippen molar-refractivity contribution in [1.82, 2.24) is 10.2 Å². The van der Waals surface area contributed by atoms with Crippen LogP contribution >= 0.6 is 11.8 Å². The molecule has 1 atom stereocenters. The standard InChI is InChI=1S/C23H33N3O3S/c1-16(30-21-10-8-19(9-11-21)24-17(2)27)22(28)25-20-12-14-26(15-13-20)23(29)18-6-4-3-5-7-18/h8-11,16,18,20H,3-7,12-15H2,1-2H3,(H,24,27)(H,25,28). The molecule has 2 fully saturated rings. The van der Waals surface area contributed by atoms with E-state index < -0.39 is 0 Å². The zero-order valence-electron chi connectivity index (χ0n) is 18.0. The number of carbonyl (C=O) groups is 3. The van der Waals surface area contributed by atoms with Gasteiger partial charge in [0.2, 0.25) is 17.7 Å². The fraction of sp³-hybridized carbons (Fsp3) is 0.609. The number of nitrogens with one attached hydrogen (secondary N) is 2. The largest absolute Gasteiger partial charge is 0.352 e. The van der Waals surface area contributed by atoms with E-state index in [1.54, 1.807) is 0 Å².